The molecule has 1 aliphatic heterocycles. The van der Waals surface area contributed by atoms with Crippen LogP contribution < -0.4 is 5.73 Å². The highest BCUT2D eigenvalue weighted by Gasteiger charge is 2.23. The second-order valence-electron chi connectivity index (χ2n) is 5.84. The standard InChI is InChI=1S/C17H27N3O/c1-2-19(13-15-6-4-3-5-7-15)14-16-8-10-20(11-9-16)17(21)12-18/h3-7,16H,2,8-14,18H2,1H3. The van der Waals surface area contributed by atoms with Crippen molar-refractivity contribution in [2.24, 2.45) is 11.7 Å². The van der Waals surface area contributed by atoms with Crippen molar-refractivity contribution in [1.29, 1.82) is 0 Å². The molecule has 1 saturated heterocycles. The van der Waals surface area contributed by atoms with Crippen LogP contribution in [0.15, 0.2) is 30.3 Å². The fraction of sp³-hybridized carbons (Fsp3) is 0.588. The molecule has 0 radical (unpaired) electrons. The number of hydrogen-bond acceptors (Lipinski definition) is 3. The second-order valence-corrected chi connectivity index (χ2v) is 5.84. The average Bonchev–Trinajstić information content (AvgIpc) is 2.55. The Hall–Kier alpha value is -1.39. The van der Waals surface area contributed by atoms with E-state index in [0.29, 0.717) is 5.92 Å². The predicted molar refractivity (Wildman–Crippen MR) is 85.8 cm³/mol. The van der Waals surface area contributed by atoms with Gasteiger partial charge in [0.25, 0.3) is 0 Å². The first kappa shape index (κ1) is 16.0. The van der Waals surface area contributed by atoms with E-state index in [9.17, 15) is 4.79 Å². The number of amides is 1. The highest BCUT2D eigenvalue weighted by Crippen LogP contribution is 2.19. The molecule has 0 saturated carbocycles. The molecule has 1 aromatic carbocycles. The van der Waals surface area contributed by atoms with Crippen LogP contribution in [0.4, 0.5) is 0 Å². The van der Waals surface area contributed by atoms with E-state index >= 15 is 0 Å². The molecule has 0 aromatic heterocycles. The summed E-state index contributed by atoms with van der Waals surface area (Å²) in [7, 11) is 0. The third-order valence-corrected chi connectivity index (χ3v) is 4.35. The zero-order chi connectivity index (χ0) is 15.1. The van der Waals surface area contributed by atoms with Crippen LogP contribution in [0.2, 0.25) is 0 Å². The first-order chi connectivity index (χ1) is 10.2. The molecule has 0 bridgehead atoms. The highest BCUT2D eigenvalue weighted by molar-refractivity contribution is 5.78. The molecule has 1 heterocycles. The van der Waals surface area contributed by atoms with Crippen molar-refractivity contribution in [2.45, 2.75) is 26.3 Å². The molecule has 1 aromatic rings. The van der Waals surface area contributed by atoms with Crippen LogP contribution >= 0.6 is 0 Å². The van der Waals surface area contributed by atoms with E-state index in [1.54, 1.807) is 0 Å². The molecule has 21 heavy (non-hydrogen) atoms. The molecule has 0 unspecified atom stereocenters. The van der Waals surface area contributed by atoms with E-state index in [4.69, 9.17) is 5.73 Å². The molecule has 1 amide bonds. The van der Waals surface area contributed by atoms with Crippen LogP contribution in [-0.2, 0) is 11.3 Å². The average molecular weight is 289 g/mol. The van der Waals surface area contributed by atoms with E-state index in [1.807, 2.05) is 4.90 Å². The van der Waals surface area contributed by atoms with Gasteiger partial charge < -0.3 is 10.6 Å². The van der Waals surface area contributed by atoms with Crippen molar-refractivity contribution in [3.63, 3.8) is 0 Å². The van der Waals surface area contributed by atoms with Gasteiger partial charge in [-0.3, -0.25) is 9.69 Å². The summed E-state index contributed by atoms with van der Waals surface area (Å²) < 4.78 is 0. The minimum absolute atomic E-state index is 0.0880. The van der Waals surface area contributed by atoms with Crippen LogP contribution in [0, 0.1) is 5.92 Å². The Kier molecular flexibility index (Phi) is 6.21. The first-order valence-electron chi connectivity index (χ1n) is 7.97. The fourth-order valence-corrected chi connectivity index (χ4v) is 3.01. The Balaban J connectivity index is 1.79. The Bertz CT molecular complexity index is 427. The maximum atomic E-state index is 11.6. The van der Waals surface area contributed by atoms with E-state index in [1.165, 1.54) is 5.56 Å². The number of benzene rings is 1. The minimum atomic E-state index is 0.0880. The lowest BCUT2D eigenvalue weighted by atomic mass is 9.96. The predicted octanol–water partition coefficient (Wildman–Crippen LogP) is 1.71. The second kappa shape index (κ2) is 8.15. The van der Waals surface area contributed by atoms with Crippen LogP contribution in [-0.4, -0.2) is 48.4 Å². The topological polar surface area (TPSA) is 49.6 Å². The lowest BCUT2D eigenvalue weighted by Crippen LogP contribution is -2.43. The Labute approximate surface area is 127 Å². The number of rotatable bonds is 6. The molecule has 0 spiro atoms. The van der Waals surface area contributed by atoms with Gasteiger partial charge in [0.1, 0.15) is 0 Å². The molecule has 2 N–H and O–H groups in total. The molecule has 1 fully saturated rings. The molecule has 0 atom stereocenters. The van der Waals surface area contributed by atoms with E-state index in [0.717, 1.165) is 45.6 Å². The van der Waals surface area contributed by atoms with Gasteiger partial charge in [-0.15, -0.1) is 0 Å². The molecule has 4 nitrogen and oxygen atoms in total. The van der Waals surface area contributed by atoms with Gasteiger partial charge in [-0.2, -0.15) is 0 Å². The zero-order valence-electron chi connectivity index (χ0n) is 13.0. The third kappa shape index (κ3) is 4.83. The first-order valence-corrected chi connectivity index (χ1v) is 7.97. The minimum Gasteiger partial charge on any atom is -0.342 e. The number of hydrogen-bond donors (Lipinski definition) is 1. The van der Waals surface area contributed by atoms with Crippen LogP contribution in [0.5, 0.6) is 0 Å². The summed E-state index contributed by atoms with van der Waals surface area (Å²) in [6, 6.07) is 10.6. The van der Waals surface area contributed by atoms with Crippen molar-refractivity contribution in [2.75, 3.05) is 32.7 Å². The number of carbonyl (C=O) groups is 1. The van der Waals surface area contributed by atoms with Gasteiger partial charge in [0.15, 0.2) is 0 Å². The SMILES string of the molecule is CCN(Cc1ccccc1)CC1CCN(C(=O)CN)CC1. The Morgan fingerprint density at radius 2 is 1.95 bits per heavy atom. The summed E-state index contributed by atoms with van der Waals surface area (Å²) in [5, 5.41) is 0. The van der Waals surface area contributed by atoms with Gasteiger partial charge in [0.05, 0.1) is 6.54 Å². The number of nitrogens with zero attached hydrogens (tertiary/aromatic N) is 2. The van der Waals surface area contributed by atoms with Crippen molar-refractivity contribution < 1.29 is 4.79 Å². The third-order valence-electron chi connectivity index (χ3n) is 4.35. The number of piperidine rings is 1. The molecular weight excluding hydrogens is 262 g/mol. The van der Waals surface area contributed by atoms with Crippen LogP contribution in [0.25, 0.3) is 0 Å². The van der Waals surface area contributed by atoms with Gasteiger partial charge in [-0.05, 0) is 30.9 Å². The van der Waals surface area contributed by atoms with Gasteiger partial charge in [-0.25, -0.2) is 0 Å². The van der Waals surface area contributed by atoms with Crippen molar-refractivity contribution >= 4 is 5.91 Å². The lowest BCUT2D eigenvalue weighted by Gasteiger charge is -2.34. The summed E-state index contributed by atoms with van der Waals surface area (Å²) in [6.45, 7) is 7.29. The summed E-state index contributed by atoms with van der Waals surface area (Å²) >= 11 is 0. The van der Waals surface area contributed by atoms with Gasteiger partial charge >= 0.3 is 0 Å². The van der Waals surface area contributed by atoms with E-state index in [-0.39, 0.29) is 12.5 Å². The van der Waals surface area contributed by atoms with Gasteiger partial charge in [0, 0.05) is 26.2 Å². The monoisotopic (exact) mass is 289 g/mol. The number of likely N-dealkylation sites (tertiary alicyclic amines) is 1. The van der Waals surface area contributed by atoms with Crippen LogP contribution in [0.3, 0.4) is 0 Å². The largest absolute Gasteiger partial charge is 0.342 e. The van der Waals surface area contributed by atoms with Crippen LogP contribution in [0.1, 0.15) is 25.3 Å². The van der Waals surface area contributed by atoms with Crippen molar-refractivity contribution in [1.82, 2.24) is 9.80 Å². The quantitative estimate of drug-likeness (QED) is 0.867. The Morgan fingerprint density at radius 3 is 2.52 bits per heavy atom. The van der Waals surface area contributed by atoms with E-state index < -0.39 is 0 Å². The molecule has 4 heteroatoms. The normalized spacial score (nSPS) is 16.4. The summed E-state index contributed by atoms with van der Waals surface area (Å²) in [5.74, 6) is 0.778. The Morgan fingerprint density at radius 1 is 1.29 bits per heavy atom. The summed E-state index contributed by atoms with van der Waals surface area (Å²) in [5.41, 5.74) is 6.80. The molecule has 1 aliphatic rings. The van der Waals surface area contributed by atoms with Crippen molar-refractivity contribution in [3.05, 3.63) is 35.9 Å². The summed E-state index contributed by atoms with van der Waals surface area (Å²) in [4.78, 5) is 16.0. The molecule has 2 rings (SSSR count). The molecule has 116 valence electrons. The lowest BCUT2D eigenvalue weighted by molar-refractivity contribution is -0.131. The smallest absolute Gasteiger partial charge is 0.236 e. The van der Waals surface area contributed by atoms with Gasteiger partial charge in [-0.1, -0.05) is 37.3 Å². The fourth-order valence-electron chi connectivity index (χ4n) is 3.01. The molecular formula is C17H27N3O. The van der Waals surface area contributed by atoms with Crippen molar-refractivity contribution in [3.8, 4) is 0 Å². The maximum Gasteiger partial charge on any atom is 0.236 e. The maximum absolute atomic E-state index is 11.6. The number of nitrogens with two attached hydrogens (primary N) is 1. The highest BCUT2D eigenvalue weighted by atomic mass is 16.2. The molecule has 0 aliphatic carbocycles. The zero-order valence-corrected chi connectivity index (χ0v) is 13.0. The van der Waals surface area contributed by atoms with Gasteiger partial charge in [0.2, 0.25) is 5.91 Å². The number of carbonyl (C=O) groups excluding carboxylic acids is 1. The van der Waals surface area contributed by atoms with E-state index in [2.05, 4.69) is 42.2 Å². The summed E-state index contributed by atoms with van der Waals surface area (Å²) in [6.07, 6.45) is 2.19.